The highest BCUT2D eigenvalue weighted by molar-refractivity contribution is 7.99. The molecule has 0 aliphatic carbocycles. The number of aromatic hydroxyl groups is 1. The summed E-state index contributed by atoms with van der Waals surface area (Å²) in [7, 11) is 2.86. The number of nitrogens with one attached hydrogen (secondary N) is 1. The molecule has 3 aromatic carbocycles. The Kier molecular flexibility index (Phi) is 9.29. The van der Waals surface area contributed by atoms with Crippen molar-refractivity contribution in [1.82, 2.24) is 20.2 Å². The van der Waals surface area contributed by atoms with E-state index in [-0.39, 0.29) is 28.9 Å². The number of hydrogen-bond acceptors (Lipinski definition) is 9. The third-order valence-electron chi connectivity index (χ3n) is 5.38. The fourth-order valence-corrected chi connectivity index (χ4v) is 4.44. The lowest BCUT2D eigenvalue weighted by atomic mass is 10.2. The Labute approximate surface area is 234 Å². The van der Waals surface area contributed by atoms with Crippen LogP contribution in [0.2, 0.25) is 5.02 Å². The van der Waals surface area contributed by atoms with Gasteiger partial charge in [0.05, 0.1) is 32.8 Å². The molecule has 10 nitrogen and oxygen atoms in total. The van der Waals surface area contributed by atoms with Crippen LogP contribution >= 0.6 is 23.4 Å². The Bertz CT molecular complexity index is 1430. The van der Waals surface area contributed by atoms with Gasteiger partial charge in [0.1, 0.15) is 5.75 Å². The van der Waals surface area contributed by atoms with Crippen LogP contribution in [0.3, 0.4) is 0 Å². The molecule has 2 N–H and O–H groups in total. The molecular formula is C27H26ClN5O5S. The number of halogens is 1. The van der Waals surface area contributed by atoms with Gasteiger partial charge in [-0.1, -0.05) is 23.4 Å². The zero-order chi connectivity index (χ0) is 27.8. The standard InChI is InChI=1S/C27H26ClN5O5S/c1-4-38-21-11-9-20(10-12-21)33-26(18-5-7-19(28)8-6-18)31-32-27(33)39-16-24(34)30-29-15-17-13-22(36-2)25(35)23(14-17)37-3/h5-15,35H,4,16H2,1-3H3,(H,30,34)/b29-15-. The Morgan fingerprint density at radius 3 is 2.36 bits per heavy atom. The molecule has 0 radical (unpaired) electrons. The maximum absolute atomic E-state index is 12.6. The predicted molar refractivity (Wildman–Crippen MR) is 151 cm³/mol. The number of phenolic OH excluding ortho intramolecular Hbond substituents is 1. The van der Waals surface area contributed by atoms with Crippen molar-refractivity contribution in [3.8, 4) is 40.1 Å². The Balaban J connectivity index is 1.50. The summed E-state index contributed by atoms with van der Waals surface area (Å²) in [4.78, 5) is 12.6. The first kappa shape index (κ1) is 27.8. The number of carbonyl (C=O) groups is 1. The molecule has 1 amide bonds. The molecule has 4 aromatic rings. The van der Waals surface area contributed by atoms with E-state index in [0.29, 0.717) is 28.2 Å². The molecule has 0 aliphatic rings. The molecule has 0 atom stereocenters. The van der Waals surface area contributed by atoms with Crippen LogP contribution in [0.5, 0.6) is 23.0 Å². The number of aromatic nitrogens is 3. The molecule has 0 bridgehead atoms. The van der Waals surface area contributed by atoms with Crippen LogP contribution < -0.4 is 19.6 Å². The van der Waals surface area contributed by atoms with Gasteiger partial charge in [0.25, 0.3) is 5.91 Å². The summed E-state index contributed by atoms with van der Waals surface area (Å²) >= 11 is 7.29. The zero-order valence-corrected chi connectivity index (χ0v) is 23.0. The fraction of sp³-hybridized carbons (Fsp3) is 0.185. The van der Waals surface area contributed by atoms with Crippen molar-refractivity contribution in [2.75, 3.05) is 26.6 Å². The van der Waals surface area contributed by atoms with E-state index >= 15 is 0 Å². The van der Waals surface area contributed by atoms with E-state index in [4.69, 9.17) is 25.8 Å². The van der Waals surface area contributed by atoms with E-state index in [9.17, 15) is 9.90 Å². The van der Waals surface area contributed by atoms with Crippen molar-refractivity contribution < 1.29 is 24.1 Å². The summed E-state index contributed by atoms with van der Waals surface area (Å²) in [6.45, 7) is 2.49. The second-order valence-corrected chi connectivity index (χ2v) is 9.31. The molecule has 1 heterocycles. The van der Waals surface area contributed by atoms with Crippen LogP contribution in [0.15, 0.2) is 70.9 Å². The number of thioether (sulfide) groups is 1. The second kappa shape index (κ2) is 13.0. The zero-order valence-electron chi connectivity index (χ0n) is 21.4. The van der Waals surface area contributed by atoms with Crippen LogP contribution in [-0.4, -0.2) is 58.6 Å². The molecule has 12 heteroatoms. The number of amides is 1. The third kappa shape index (κ3) is 6.81. The van der Waals surface area contributed by atoms with Crippen molar-refractivity contribution in [3.63, 3.8) is 0 Å². The van der Waals surface area contributed by atoms with Crippen molar-refractivity contribution in [2.24, 2.45) is 5.10 Å². The molecule has 202 valence electrons. The van der Waals surface area contributed by atoms with E-state index in [1.54, 1.807) is 24.3 Å². The minimum Gasteiger partial charge on any atom is -0.502 e. The summed E-state index contributed by atoms with van der Waals surface area (Å²) in [5, 5.41) is 23.9. The van der Waals surface area contributed by atoms with Crippen LogP contribution in [-0.2, 0) is 4.79 Å². The first-order valence-corrected chi connectivity index (χ1v) is 13.1. The monoisotopic (exact) mass is 567 g/mol. The largest absolute Gasteiger partial charge is 0.502 e. The van der Waals surface area contributed by atoms with Gasteiger partial charge < -0.3 is 19.3 Å². The number of benzene rings is 3. The lowest BCUT2D eigenvalue weighted by Gasteiger charge is -2.11. The molecule has 0 saturated carbocycles. The quantitative estimate of drug-likeness (QED) is 0.148. The van der Waals surface area contributed by atoms with Crippen LogP contribution in [0.25, 0.3) is 17.1 Å². The molecule has 1 aromatic heterocycles. The summed E-state index contributed by atoms with van der Waals surface area (Å²) in [6, 6.07) is 18.0. The highest BCUT2D eigenvalue weighted by atomic mass is 35.5. The summed E-state index contributed by atoms with van der Waals surface area (Å²) in [6.07, 6.45) is 1.42. The van der Waals surface area contributed by atoms with Gasteiger partial charge >= 0.3 is 0 Å². The van der Waals surface area contributed by atoms with Crippen LogP contribution in [0, 0.1) is 0 Å². The minimum absolute atomic E-state index is 0.0370. The molecule has 4 rings (SSSR count). The van der Waals surface area contributed by atoms with Gasteiger partial charge in [-0.05, 0) is 67.6 Å². The molecule has 0 unspecified atom stereocenters. The number of phenols is 1. The average Bonchev–Trinajstić information content (AvgIpc) is 3.37. The average molecular weight is 568 g/mol. The van der Waals surface area contributed by atoms with E-state index in [1.807, 2.05) is 47.9 Å². The molecule has 0 spiro atoms. The lowest BCUT2D eigenvalue weighted by molar-refractivity contribution is -0.118. The number of nitrogens with zero attached hydrogens (tertiary/aromatic N) is 4. The van der Waals surface area contributed by atoms with Gasteiger partial charge in [0.2, 0.25) is 5.75 Å². The van der Waals surface area contributed by atoms with Crippen molar-refractivity contribution in [2.45, 2.75) is 12.1 Å². The molecular weight excluding hydrogens is 542 g/mol. The number of methoxy groups -OCH3 is 2. The number of rotatable bonds is 11. The second-order valence-electron chi connectivity index (χ2n) is 7.93. The van der Waals surface area contributed by atoms with Crippen LogP contribution in [0.1, 0.15) is 12.5 Å². The highest BCUT2D eigenvalue weighted by Crippen LogP contribution is 2.36. The van der Waals surface area contributed by atoms with Gasteiger partial charge in [-0.2, -0.15) is 5.10 Å². The summed E-state index contributed by atoms with van der Waals surface area (Å²) < 4.78 is 17.7. The van der Waals surface area contributed by atoms with Crippen molar-refractivity contribution in [3.05, 3.63) is 71.2 Å². The number of ether oxygens (including phenoxy) is 3. The van der Waals surface area contributed by atoms with E-state index in [0.717, 1.165) is 17.0 Å². The predicted octanol–water partition coefficient (Wildman–Crippen LogP) is 4.95. The minimum atomic E-state index is -0.344. The molecule has 0 saturated heterocycles. The first-order valence-electron chi connectivity index (χ1n) is 11.8. The molecule has 0 aliphatic heterocycles. The van der Waals surface area contributed by atoms with Gasteiger partial charge in [0.15, 0.2) is 22.5 Å². The smallest absolute Gasteiger partial charge is 0.250 e. The van der Waals surface area contributed by atoms with Crippen molar-refractivity contribution in [1.29, 1.82) is 0 Å². The molecule has 0 fully saturated rings. The first-order chi connectivity index (χ1) is 18.9. The Morgan fingerprint density at radius 2 is 1.74 bits per heavy atom. The summed E-state index contributed by atoms with van der Waals surface area (Å²) in [5.74, 6) is 1.38. The van der Waals surface area contributed by atoms with Crippen LogP contribution in [0.4, 0.5) is 0 Å². The third-order valence-corrected chi connectivity index (χ3v) is 6.56. The Hall–Kier alpha value is -4.22. The SMILES string of the molecule is CCOc1ccc(-n2c(SCC(=O)N/N=C\c3cc(OC)c(O)c(OC)c3)nnc2-c2ccc(Cl)cc2)cc1. The number of hydrazone groups is 1. The lowest BCUT2D eigenvalue weighted by Crippen LogP contribution is -2.20. The summed E-state index contributed by atoms with van der Waals surface area (Å²) in [5.41, 5.74) is 4.69. The van der Waals surface area contributed by atoms with E-state index in [1.165, 1.54) is 32.2 Å². The van der Waals surface area contributed by atoms with E-state index in [2.05, 4.69) is 20.7 Å². The maximum Gasteiger partial charge on any atom is 0.250 e. The Morgan fingerprint density at radius 1 is 1.08 bits per heavy atom. The van der Waals surface area contributed by atoms with Crippen molar-refractivity contribution >= 4 is 35.5 Å². The van der Waals surface area contributed by atoms with Gasteiger partial charge in [0, 0.05) is 21.8 Å². The fourth-order valence-electron chi connectivity index (χ4n) is 3.57. The topological polar surface area (TPSA) is 120 Å². The normalized spacial score (nSPS) is 11.0. The maximum atomic E-state index is 12.6. The van der Waals surface area contributed by atoms with E-state index < -0.39 is 0 Å². The van der Waals surface area contributed by atoms with Gasteiger partial charge in [-0.15, -0.1) is 10.2 Å². The molecule has 39 heavy (non-hydrogen) atoms. The van der Waals surface area contributed by atoms with Gasteiger partial charge in [-0.25, -0.2) is 5.43 Å². The van der Waals surface area contributed by atoms with Gasteiger partial charge in [-0.3, -0.25) is 9.36 Å². The highest BCUT2D eigenvalue weighted by Gasteiger charge is 2.18. The number of carbonyl (C=O) groups excluding carboxylic acids is 1. The number of hydrogen-bond donors (Lipinski definition) is 2.